The summed E-state index contributed by atoms with van der Waals surface area (Å²) in [4.78, 5) is 11.9. The fourth-order valence-electron chi connectivity index (χ4n) is 2.44. The van der Waals surface area contributed by atoms with Crippen LogP contribution in [-0.4, -0.2) is 16.1 Å². The molecule has 0 bridgehead atoms. The summed E-state index contributed by atoms with van der Waals surface area (Å²) in [5.74, 6) is 1.32. The Kier molecular flexibility index (Phi) is 5.20. The third kappa shape index (κ3) is 4.12. The number of anilines is 1. The summed E-state index contributed by atoms with van der Waals surface area (Å²) < 4.78 is 17.2. The lowest BCUT2D eigenvalue weighted by atomic mass is 10.2. The number of aromatic nitrogens is 2. The molecule has 0 saturated heterocycles. The first kappa shape index (κ1) is 18.0. The van der Waals surface area contributed by atoms with Gasteiger partial charge in [-0.15, -0.1) is 10.2 Å². The molecule has 4 rings (SSSR count). The van der Waals surface area contributed by atoms with Crippen molar-refractivity contribution < 1.29 is 18.4 Å². The van der Waals surface area contributed by atoms with Crippen LogP contribution < -0.4 is 10.1 Å². The summed E-state index contributed by atoms with van der Waals surface area (Å²) in [6.07, 6.45) is 1.45. The van der Waals surface area contributed by atoms with Crippen molar-refractivity contribution in [1.82, 2.24) is 10.2 Å². The average Bonchev–Trinajstić information content (AvgIpc) is 3.40. The zero-order valence-corrected chi connectivity index (χ0v) is 16.0. The Hall–Kier alpha value is -3.39. The van der Waals surface area contributed by atoms with Gasteiger partial charge in [0.2, 0.25) is 5.89 Å². The van der Waals surface area contributed by atoms with E-state index in [4.69, 9.17) is 13.6 Å². The molecule has 4 aromatic rings. The Bertz CT molecular complexity index is 1080. The molecule has 0 aliphatic heterocycles. The molecule has 2 aromatic carbocycles. The van der Waals surface area contributed by atoms with Gasteiger partial charge in [-0.3, -0.25) is 4.79 Å². The Morgan fingerprint density at radius 1 is 1.04 bits per heavy atom. The van der Waals surface area contributed by atoms with Crippen LogP contribution in [0.15, 0.2) is 80.2 Å². The van der Waals surface area contributed by atoms with Crippen LogP contribution in [0.25, 0.3) is 11.5 Å². The fourth-order valence-corrected chi connectivity index (χ4v) is 2.89. The summed E-state index contributed by atoms with van der Waals surface area (Å²) in [7, 11) is 0. The van der Waals surface area contributed by atoms with Crippen LogP contribution in [-0.2, 0) is 6.61 Å². The van der Waals surface area contributed by atoms with Gasteiger partial charge in [-0.25, -0.2) is 0 Å². The van der Waals surface area contributed by atoms with E-state index in [-0.39, 0.29) is 18.3 Å². The molecule has 0 unspecified atom stereocenters. The highest BCUT2D eigenvalue weighted by molar-refractivity contribution is 9.10. The zero-order chi connectivity index (χ0) is 19.3. The standard InChI is InChI=1S/C20H14BrN3O4/c21-16-5-2-1-4-15(16)20-24-23-18(28-20)12-27-14-9-7-13(8-10-14)22-19(25)17-6-3-11-26-17/h1-11H,12H2,(H,22,25). The van der Waals surface area contributed by atoms with Crippen molar-refractivity contribution in [2.45, 2.75) is 6.61 Å². The van der Waals surface area contributed by atoms with Crippen LogP contribution in [0.5, 0.6) is 5.75 Å². The zero-order valence-electron chi connectivity index (χ0n) is 14.5. The molecule has 140 valence electrons. The van der Waals surface area contributed by atoms with Crippen molar-refractivity contribution in [2.24, 2.45) is 0 Å². The molecule has 2 aromatic heterocycles. The molecule has 0 atom stereocenters. The van der Waals surface area contributed by atoms with E-state index in [1.807, 2.05) is 24.3 Å². The number of carbonyl (C=O) groups excluding carboxylic acids is 1. The summed E-state index contributed by atoms with van der Waals surface area (Å²) in [5, 5.41) is 10.8. The molecule has 0 aliphatic carbocycles. The Morgan fingerprint density at radius 3 is 2.61 bits per heavy atom. The van der Waals surface area contributed by atoms with E-state index in [1.54, 1.807) is 36.4 Å². The van der Waals surface area contributed by atoms with Gasteiger partial charge in [0.25, 0.3) is 11.8 Å². The van der Waals surface area contributed by atoms with Crippen molar-refractivity contribution in [3.05, 3.63) is 83.1 Å². The highest BCUT2D eigenvalue weighted by Crippen LogP contribution is 2.27. The summed E-state index contributed by atoms with van der Waals surface area (Å²) >= 11 is 3.46. The molecular weight excluding hydrogens is 426 g/mol. The normalized spacial score (nSPS) is 10.6. The molecule has 0 aliphatic rings. The first-order valence-electron chi connectivity index (χ1n) is 8.34. The maximum Gasteiger partial charge on any atom is 0.291 e. The molecule has 0 spiro atoms. The van der Waals surface area contributed by atoms with E-state index in [0.717, 1.165) is 10.0 Å². The molecule has 0 radical (unpaired) electrons. The number of carbonyl (C=O) groups is 1. The Morgan fingerprint density at radius 2 is 1.86 bits per heavy atom. The third-order valence-electron chi connectivity index (χ3n) is 3.79. The third-order valence-corrected chi connectivity index (χ3v) is 4.48. The van der Waals surface area contributed by atoms with Crippen LogP contribution in [0, 0.1) is 0 Å². The topological polar surface area (TPSA) is 90.4 Å². The number of benzene rings is 2. The minimum absolute atomic E-state index is 0.134. The minimum Gasteiger partial charge on any atom is -0.484 e. The average molecular weight is 440 g/mol. The Balaban J connectivity index is 1.35. The lowest BCUT2D eigenvalue weighted by Crippen LogP contribution is -2.10. The number of ether oxygens (including phenoxy) is 1. The molecule has 7 nitrogen and oxygen atoms in total. The molecular formula is C20H14BrN3O4. The van der Waals surface area contributed by atoms with Gasteiger partial charge in [0.1, 0.15) is 5.75 Å². The lowest BCUT2D eigenvalue weighted by Gasteiger charge is -2.06. The molecule has 0 saturated carbocycles. The summed E-state index contributed by atoms with van der Waals surface area (Å²) in [6.45, 7) is 0.134. The smallest absolute Gasteiger partial charge is 0.291 e. The van der Waals surface area contributed by atoms with Gasteiger partial charge >= 0.3 is 0 Å². The van der Waals surface area contributed by atoms with Gasteiger partial charge in [-0.2, -0.15) is 0 Å². The van der Waals surface area contributed by atoms with E-state index >= 15 is 0 Å². The number of amides is 1. The molecule has 8 heteroatoms. The van der Waals surface area contributed by atoms with Crippen molar-refractivity contribution in [3.8, 4) is 17.2 Å². The minimum atomic E-state index is -0.316. The van der Waals surface area contributed by atoms with Gasteiger partial charge in [0.15, 0.2) is 12.4 Å². The first-order chi connectivity index (χ1) is 13.7. The predicted octanol–water partition coefficient (Wildman–Crippen LogP) is 4.92. The van der Waals surface area contributed by atoms with Crippen LogP contribution >= 0.6 is 15.9 Å². The molecule has 2 heterocycles. The SMILES string of the molecule is O=C(Nc1ccc(OCc2nnc(-c3ccccc3Br)o2)cc1)c1ccco1. The van der Waals surface area contributed by atoms with Crippen LogP contribution in [0.1, 0.15) is 16.4 Å². The molecule has 1 N–H and O–H groups in total. The highest BCUT2D eigenvalue weighted by Gasteiger charge is 2.12. The molecule has 1 amide bonds. The van der Waals surface area contributed by atoms with Gasteiger partial charge in [0.05, 0.1) is 11.8 Å². The maximum absolute atomic E-state index is 11.9. The number of rotatable bonds is 6. The van der Waals surface area contributed by atoms with Crippen LogP contribution in [0.2, 0.25) is 0 Å². The van der Waals surface area contributed by atoms with Crippen molar-refractivity contribution in [1.29, 1.82) is 0 Å². The highest BCUT2D eigenvalue weighted by atomic mass is 79.9. The van der Waals surface area contributed by atoms with E-state index in [0.29, 0.717) is 23.2 Å². The summed E-state index contributed by atoms with van der Waals surface area (Å²) in [5.41, 5.74) is 1.45. The van der Waals surface area contributed by atoms with E-state index in [2.05, 4.69) is 31.4 Å². The number of nitrogens with zero attached hydrogens (tertiary/aromatic N) is 2. The maximum atomic E-state index is 11.9. The largest absolute Gasteiger partial charge is 0.484 e. The second-order valence-corrected chi connectivity index (χ2v) is 6.58. The van der Waals surface area contributed by atoms with Crippen molar-refractivity contribution in [3.63, 3.8) is 0 Å². The van der Waals surface area contributed by atoms with E-state index in [1.165, 1.54) is 6.26 Å². The van der Waals surface area contributed by atoms with Crippen LogP contribution in [0.3, 0.4) is 0 Å². The first-order valence-corrected chi connectivity index (χ1v) is 9.13. The fraction of sp³-hybridized carbons (Fsp3) is 0.0500. The lowest BCUT2D eigenvalue weighted by molar-refractivity contribution is 0.0996. The quantitative estimate of drug-likeness (QED) is 0.458. The monoisotopic (exact) mass is 439 g/mol. The second-order valence-electron chi connectivity index (χ2n) is 5.73. The van der Waals surface area contributed by atoms with Crippen molar-refractivity contribution in [2.75, 3.05) is 5.32 Å². The van der Waals surface area contributed by atoms with Gasteiger partial charge in [-0.05, 0) is 64.5 Å². The number of nitrogens with one attached hydrogen (secondary N) is 1. The van der Waals surface area contributed by atoms with E-state index in [9.17, 15) is 4.79 Å². The second kappa shape index (κ2) is 8.10. The molecule has 28 heavy (non-hydrogen) atoms. The van der Waals surface area contributed by atoms with Crippen LogP contribution in [0.4, 0.5) is 5.69 Å². The Labute approximate surface area is 168 Å². The number of hydrogen-bond donors (Lipinski definition) is 1. The van der Waals surface area contributed by atoms with Gasteiger partial charge < -0.3 is 18.9 Å². The molecule has 0 fully saturated rings. The summed E-state index contributed by atoms with van der Waals surface area (Å²) in [6, 6.07) is 17.8. The number of hydrogen-bond acceptors (Lipinski definition) is 6. The van der Waals surface area contributed by atoms with Crippen molar-refractivity contribution >= 4 is 27.5 Å². The predicted molar refractivity (Wildman–Crippen MR) is 105 cm³/mol. The van der Waals surface area contributed by atoms with Gasteiger partial charge in [-0.1, -0.05) is 12.1 Å². The van der Waals surface area contributed by atoms with Gasteiger partial charge in [0, 0.05) is 10.2 Å². The van der Waals surface area contributed by atoms with E-state index < -0.39 is 0 Å². The number of furan rings is 1. The number of halogens is 1.